The number of hydrogen-bond donors (Lipinski definition) is 3. The Morgan fingerprint density at radius 1 is 1.00 bits per heavy atom. The van der Waals surface area contributed by atoms with E-state index in [9.17, 15) is 29.4 Å². The van der Waals surface area contributed by atoms with Crippen LogP contribution in [0, 0.1) is 0 Å². The van der Waals surface area contributed by atoms with E-state index in [-0.39, 0.29) is 37.7 Å². The molecule has 0 aliphatic carbocycles. The molecule has 0 saturated carbocycles. The van der Waals surface area contributed by atoms with E-state index in [4.69, 9.17) is 15.3 Å². The summed E-state index contributed by atoms with van der Waals surface area (Å²) in [7, 11) is 0. The van der Waals surface area contributed by atoms with Crippen molar-refractivity contribution in [3.8, 4) is 0 Å². The van der Waals surface area contributed by atoms with E-state index in [1.807, 2.05) is 0 Å². The van der Waals surface area contributed by atoms with Gasteiger partial charge in [0.1, 0.15) is 0 Å². The third-order valence-corrected chi connectivity index (χ3v) is 1.01. The van der Waals surface area contributed by atoms with Crippen LogP contribution in [0.5, 0.6) is 0 Å². The molecule has 0 amide bonds. The van der Waals surface area contributed by atoms with Crippen molar-refractivity contribution in [2.75, 3.05) is 0 Å². The number of aliphatic hydroxyl groups is 1. The molecule has 10 heteroatoms. The third kappa shape index (κ3) is 20.3. The van der Waals surface area contributed by atoms with Crippen molar-refractivity contribution >= 4 is 61.6 Å². The standard InChI is InChI=1S/C4H6O5.C4H4O4.Ca/c5-2(4(8)9)1-3(6)7;5-3(6)1-2-4(7)8;/h2,5H,1H2,(H,6,7)(H,8,9);1-2H,(H,5,6)(H,7,8);/q;;+2/p-2. The smallest absolute Gasteiger partial charge is 0.545 e. The topological polar surface area (TPSA) is 175 Å². The van der Waals surface area contributed by atoms with E-state index < -0.39 is 36.4 Å². The molecule has 0 aromatic carbocycles. The summed E-state index contributed by atoms with van der Waals surface area (Å²) >= 11 is 0. The van der Waals surface area contributed by atoms with E-state index in [1.165, 1.54) is 0 Å². The first kappa shape index (κ1) is 22.1. The molecule has 0 aliphatic heterocycles. The zero-order valence-corrected chi connectivity index (χ0v) is 11.1. The van der Waals surface area contributed by atoms with E-state index in [1.54, 1.807) is 0 Å². The quantitative estimate of drug-likeness (QED) is 0.333. The Morgan fingerprint density at radius 2 is 1.33 bits per heavy atom. The van der Waals surface area contributed by atoms with Gasteiger partial charge in [0, 0.05) is 0 Å². The first-order valence-corrected chi connectivity index (χ1v) is 3.89. The maximum atomic E-state index is 9.72. The van der Waals surface area contributed by atoms with Gasteiger partial charge < -0.3 is 35.1 Å². The molecule has 1 unspecified atom stereocenters. The van der Waals surface area contributed by atoms with Gasteiger partial charge in [0.2, 0.25) is 0 Å². The number of aliphatic carboxylic acids is 4. The van der Waals surface area contributed by atoms with Crippen LogP contribution in [0.15, 0.2) is 12.2 Å². The van der Waals surface area contributed by atoms with Crippen molar-refractivity contribution in [1.82, 2.24) is 0 Å². The first-order chi connectivity index (χ1) is 7.66. The van der Waals surface area contributed by atoms with Crippen molar-refractivity contribution in [2.24, 2.45) is 0 Å². The minimum atomic E-state index is -1.79. The van der Waals surface area contributed by atoms with Crippen LogP contribution >= 0.6 is 0 Å². The molecule has 0 heterocycles. The Morgan fingerprint density at radius 3 is 1.44 bits per heavy atom. The van der Waals surface area contributed by atoms with Gasteiger partial charge in [-0.3, -0.25) is 4.79 Å². The van der Waals surface area contributed by atoms with Crippen molar-refractivity contribution in [2.45, 2.75) is 12.5 Å². The van der Waals surface area contributed by atoms with Gasteiger partial charge in [-0.2, -0.15) is 0 Å². The molecule has 3 N–H and O–H groups in total. The molecule has 0 aromatic heterocycles. The number of carbonyl (C=O) groups is 4. The Bertz CT molecular complexity index is 319. The Labute approximate surface area is 130 Å². The monoisotopic (exact) mass is 288 g/mol. The molecule has 0 bridgehead atoms. The fourth-order valence-electron chi connectivity index (χ4n) is 0.389. The van der Waals surface area contributed by atoms with Gasteiger partial charge in [-0.1, -0.05) is 0 Å². The van der Waals surface area contributed by atoms with E-state index in [2.05, 4.69) is 0 Å². The molecule has 0 fully saturated rings. The molecule has 0 aromatic rings. The van der Waals surface area contributed by atoms with E-state index >= 15 is 0 Å². The first-order valence-electron chi connectivity index (χ1n) is 3.89. The van der Waals surface area contributed by atoms with Gasteiger partial charge in [-0.25, -0.2) is 4.79 Å². The zero-order valence-electron chi connectivity index (χ0n) is 8.94. The van der Waals surface area contributed by atoms with Gasteiger partial charge >= 0.3 is 49.7 Å². The molecule has 0 aliphatic rings. The summed E-state index contributed by atoms with van der Waals surface area (Å²) in [5.74, 6) is -5.94. The number of rotatable bonds is 5. The van der Waals surface area contributed by atoms with Crippen LogP contribution in [0.25, 0.3) is 0 Å². The molecule has 9 nitrogen and oxygen atoms in total. The summed E-state index contributed by atoms with van der Waals surface area (Å²) in [6, 6.07) is 0. The minimum absolute atomic E-state index is 0. The van der Waals surface area contributed by atoms with Gasteiger partial charge in [0.15, 0.2) is 6.10 Å². The zero-order chi connectivity index (χ0) is 14.0. The normalized spacial score (nSPS) is 10.5. The van der Waals surface area contributed by atoms with Gasteiger partial charge in [-0.05, 0) is 12.2 Å². The van der Waals surface area contributed by atoms with Crippen LogP contribution < -0.4 is 10.2 Å². The van der Waals surface area contributed by atoms with Crippen LogP contribution in [-0.2, 0) is 19.2 Å². The predicted octanol–water partition coefficient (Wildman–Crippen LogP) is -4.43. The minimum Gasteiger partial charge on any atom is -0.545 e. The molecule has 0 saturated heterocycles. The van der Waals surface area contributed by atoms with Gasteiger partial charge in [0.25, 0.3) is 0 Å². The maximum absolute atomic E-state index is 9.72. The summed E-state index contributed by atoms with van der Waals surface area (Å²) in [5.41, 5.74) is 0. The molecule has 1 atom stereocenters. The van der Waals surface area contributed by atoms with Crippen LogP contribution in [0.1, 0.15) is 6.42 Å². The molecule has 0 spiro atoms. The summed E-state index contributed by atoms with van der Waals surface area (Å²) in [6.45, 7) is 0. The molecule has 18 heavy (non-hydrogen) atoms. The number of carbonyl (C=O) groups excluding carboxylic acids is 2. The second-order valence-electron chi connectivity index (χ2n) is 2.42. The summed E-state index contributed by atoms with van der Waals surface area (Å²) in [4.78, 5) is 38.2. The van der Waals surface area contributed by atoms with Crippen LogP contribution in [0.3, 0.4) is 0 Å². The molecule has 0 radical (unpaired) electrons. The fraction of sp³-hybridized carbons (Fsp3) is 0.250. The van der Waals surface area contributed by atoms with Crippen molar-refractivity contribution in [3.05, 3.63) is 12.2 Å². The van der Waals surface area contributed by atoms with Gasteiger partial charge in [-0.15, -0.1) is 0 Å². The second kappa shape index (κ2) is 12.3. The average molecular weight is 288 g/mol. The fourth-order valence-corrected chi connectivity index (χ4v) is 0.389. The Hall–Kier alpha value is -1.16. The van der Waals surface area contributed by atoms with Crippen molar-refractivity contribution in [1.29, 1.82) is 0 Å². The number of aliphatic hydroxyl groups excluding tert-OH is 1. The Balaban J connectivity index is -0.000000238. The Kier molecular flexibility index (Phi) is 15.1. The molecular formula is C8H8CaO9. The van der Waals surface area contributed by atoms with Crippen LogP contribution in [-0.4, -0.2) is 83.0 Å². The molecule has 96 valence electrons. The SMILES string of the molecule is O=C(O)CC(O)C(=O)O.O=C([O-])C=CC(=O)[O-].[Ca+2]. The van der Waals surface area contributed by atoms with E-state index in [0.29, 0.717) is 12.2 Å². The summed E-state index contributed by atoms with van der Waals surface area (Å²) < 4.78 is 0. The van der Waals surface area contributed by atoms with Crippen LogP contribution in [0.4, 0.5) is 0 Å². The maximum Gasteiger partial charge on any atom is 2.00 e. The average Bonchev–Trinajstić information content (AvgIpc) is 2.14. The molecular weight excluding hydrogens is 280 g/mol. The van der Waals surface area contributed by atoms with Gasteiger partial charge in [0.05, 0.1) is 18.4 Å². The predicted molar refractivity (Wildman–Crippen MR) is 50.8 cm³/mol. The number of carboxylic acid groups (broad SMARTS) is 4. The van der Waals surface area contributed by atoms with Crippen LogP contribution in [0.2, 0.25) is 0 Å². The number of carboxylic acids is 4. The summed E-state index contributed by atoms with van der Waals surface area (Å²) in [5, 5.41) is 43.0. The van der Waals surface area contributed by atoms with Crippen molar-refractivity contribution in [3.63, 3.8) is 0 Å². The second-order valence-corrected chi connectivity index (χ2v) is 2.42. The summed E-state index contributed by atoms with van der Waals surface area (Å²) in [6.07, 6.45) is -1.78. The third-order valence-electron chi connectivity index (χ3n) is 1.01. The van der Waals surface area contributed by atoms with Crippen molar-refractivity contribution < 1.29 is 44.7 Å². The molecule has 0 rings (SSSR count). The largest absolute Gasteiger partial charge is 2.00 e. The van der Waals surface area contributed by atoms with E-state index in [0.717, 1.165) is 0 Å². The number of hydrogen-bond acceptors (Lipinski definition) is 7.